The number of nitro benzene ring substituents is 1. The molecule has 0 unspecified atom stereocenters. The average molecular weight is 297 g/mol. The summed E-state index contributed by atoms with van der Waals surface area (Å²) in [6.45, 7) is -0.654. The fourth-order valence-corrected chi connectivity index (χ4v) is 2.20. The normalized spacial score (nSPS) is 10.6. The van der Waals surface area contributed by atoms with Crippen LogP contribution >= 0.6 is 0 Å². The second kappa shape index (κ2) is 5.77. The van der Waals surface area contributed by atoms with Gasteiger partial charge in [-0.1, -0.05) is 18.2 Å². The predicted molar refractivity (Wildman–Crippen MR) is 80.5 cm³/mol. The summed E-state index contributed by atoms with van der Waals surface area (Å²) in [5.41, 5.74) is 2.39. The molecule has 0 spiro atoms. The number of nitro groups is 1. The Kier molecular flexibility index (Phi) is 3.65. The Balaban J connectivity index is 2.03. The van der Waals surface area contributed by atoms with Crippen molar-refractivity contribution in [1.29, 1.82) is 0 Å². The summed E-state index contributed by atoms with van der Waals surface area (Å²) in [5.74, 6) is 0. The molecule has 1 aromatic heterocycles. The minimum Gasteiger partial charge on any atom is -0.258 e. The molecule has 0 radical (unpaired) electrons. The van der Waals surface area contributed by atoms with Crippen LogP contribution in [0.1, 0.15) is 5.56 Å². The second-order valence-corrected chi connectivity index (χ2v) is 4.72. The Hall–Kier alpha value is -3.02. The number of aromatic nitrogens is 2. The lowest BCUT2D eigenvalue weighted by atomic mass is 10.1. The first-order valence-electron chi connectivity index (χ1n) is 6.64. The van der Waals surface area contributed by atoms with E-state index in [0.29, 0.717) is 16.8 Å². The third kappa shape index (κ3) is 2.58. The summed E-state index contributed by atoms with van der Waals surface area (Å²) in [6.07, 6.45) is 1.63. The highest BCUT2D eigenvalue weighted by Gasteiger charge is 2.13. The number of para-hydroxylation sites is 1. The summed E-state index contributed by atoms with van der Waals surface area (Å²) in [7, 11) is 0. The molecule has 2 aromatic carbocycles. The highest BCUT2D eigenvalue weighted by atomic mass is 19.1. The Morgan fingerprint density at radius 1 is 1.09 bits per heavy atom. The Morgan fingerprint density at radius 3 is 2.36 bits per heavy atom. The van der Waals surface area contributed by atoms with Crippen molar-refractivity contribution in [2.24, 2.45) is 0 Å². The lowest BCUT2D eigenvalue weighted by molar-refractivity contribution is -0.384. The molecule has 6 heteroatoms. The van der Waals surface area contributed by atoms with Crippen LogP contribution in [-0.4, -0.2) is 14.7 Å². The maximum atomic E-state index is 13.2. The van der Waals surface area contributed by atoms with Crippen LogP contribution < -0.4 is 0 Å². The van der Waals surface area contributed by atoms with Gasteiger partial charge in [0, 0.05) is 29.5 Å². The van der Waals surface area contributed by atoms with Crippen molar-refractivity contribution in [3.8, 4) is 16.9 Å². The molecule has 0 bridgehead atoms. The third-order valence-corrected chi connectivity index (χ3v) is 3.31. The molecule has 110 valence electrons. The summed E-state index contributed by atoms with van der Waals surface area (Å²) in [6, 6.07) is 15.3. The van der Waals surface area contributed by atoms with E-state index in [4.69, 9.17) is 0 Å². The van der Waals surface area contributed by atoms with Crippen LogP contribution in [0, 0.1) is 10.1 Å². The molecule has 3 rings (SSSR count). The highest BCUT2D eigenvalue weighted by Crippen LogP contribution is 2.26. The molecule has 0 aliphatic rings. The number of hydrogen-bond acceptors (Lipinski definition) is 3. The quantitative estimate of drug-likeness (QED) is 0.541. The molecule has 0 aliphatic carbocycles. The summed E-state index contributed by atoms with van der Waals surface area (Å²) >= 11 is 0. The molecular weight excluding hydrogens is 285 g/mol. The molecular formula is C16H12FN3O2. The van der Waals surface area contributed by atoms with Crippen molar-refractivity contribution in [2.75, 3.05) is 0 Å². The van der Waals surface area contributed by atoms with Gasteiger partial charge < -0.3 is 0 Å². The van der Waals surface area contributed by atoms with Gasteiger partial charge in [0.25, 0.3) is 5.69 Å². The maximum absolute atomic E-state index is 13.2. The van der Waals surface area contributed by atoms with Gasteiger partial charge in [0.1, 0.15) is 6.67 Å². The second-order valence-electron chi connectivity index (χ2n) is 4.72. The molecule has 3 aromatic rings. The number of benzene rings is 2. The molecule has 0 saturated carbocycles. The Labute approximate surface area is 125 Å². The number of rotatable bonds is 4. The lowest BCUT2D eigenvalue weighted by Crippen LogP contribution is -1.94. The monoisotopic (exact) mass is 297 g/mol. The first kappa shape index (κ1) is 13.9. The van der Waals surface area contributed by atoms with Gasteiger partial charge in [-0.25, -0.2) is 9.07 Å². The zero-order valence-corrected chi connectivity index (χ0v) is 11.5. The summed E-state index contributed by atoms with van der Waals surface area (Å²) in [5, 5.41) is 15.1. The standard InChI is InChI=1S/C16H12FN3O2/c17-10-13-11-19(14-4-2-1-3-5-14)18-16(13)12-6-8-15(9-7-12)20(21)22/h1-9,11H,10H2. The molecule has 0 atom stereocenters. The van der Waals surface area contributed by atoms with Crippen LogP contribution in [0.25, 0.3) is 16.9 Å². The number of non-ortho nitro benzene ring substituents is 1. The topological polar surface area (TPSA) is 61.0 Å². The van der Waals surface area contributed by atoms with Crippen molar-refractivity contribution in [2.45, 2.75) is 6.67 Å². The third-order valence-electron chi connectivity index (χ3n) is 3.31. The zero-order chi connectivity index (χ0) is 15.5. The van der Waals surface area contributed by atoms with E-state index in [2.05, 4.69) is 5.10 Å². The smallest absolute Gasteiger partial charge is 0.258 e. The first-order valence-corrected chi connectivity index (χ1v) is 6.64. The maximum Gasteiger partial charge on any atom is 0.269 e. The van der Waals surface area contributed by atoms with E-state index in [1.54, 1.807) is 23.0 Å². The fourth-order valence-electron chi connectivity index (χ4n) is 2.20. The van der Waals surface area contributed by atoms with Gasteiger partial charge >= 0.3 is 0 Å². The van der Waals surface area contributed by atoms with E-state index in [1.807, 2.05) is 30.3 Å². The van der Waals surface area contributed by atoms with E-state index in [1.165, 1.54) is 12.1 Å². The number of hydrogen-bond donors (Lipinski definition) is 0. The van der Waals surface area contributed by atoms with E-state index >= 15 is 0 Å². The molecule has 0 amide bonds. The molecule has 5 nitrogen and oxygen atoms in total. The number of halogens is 1. The largest absolute Gasteiger partial charge is 0.269 e. The Bertz CT molecular complexity index is 798. The number of nitrogens with zero attached hydrogens (tertiary/aromatic N) is 3. The lowest BCUT2D eigenvalue weighted by Gasteiger charge is -2.00. The van der Waals surface area contributed by atoms with Crippen LogP contribution in [0.3, 0.4) is 0 Å². The van der Waals surface area contributed by atoms with Crippen LogP contribution in [-0.2, 0) is 6.67 Å². The summed E-state index contributed by atoms with van der Waals surface area (Å²) < 4.78 is 14.8. The van der Waals surface area contributed by atoms with Crippen molar-refractivity contribution < 1.29 is 9.31 Å². The van der Waals surface area contributed by atoms with E-state index < -0.39 is 11.6 Å². The van der Waals surface area contributed by atoms with Gasteiger partial charge in [-0.2, -0.15) is 5.10 Å². The molecule has 1 heterocycles. The van der Waals surface area contributed by atoms with Gasteiger partial charge in [0.05, 0.1) is 16.3 Å². The predicted octanol–water partition coefficient (Wildman–Crippen LogP) is 3.92. The zero-order valence-electron chi connectivity index (χ0n) is 11.5. The molecule has 22 heavy (non-hydrogen) atoms. The van der Waals surface area contributed by atoms with E-state index in [-0.39, 0.29) is 5.69 Å². The molecule has 0 saturated heterocycles. The van der Waals surface area contributed by atoms with Crippen LogP contribution in [0.5, 0.6) is 0 Å². The molecule has 0 aliphatic heterocycles. The minimum atomic E-state index is -0.654. The minimum absolute atomic E-state index is 0.00644. The van der Waals surface area contributed by atoms with Crippen LogP contribution in [0.4, 0.5) is 10.1 Å². The fraction of sp³-hybridized carbons (Fsp3) is 0.0625. The van der Waals surface area contributed by atoms with Crippen molar-refractivity contribution >= 4 is 5.69 Å². The van der Waals surface area contributed by atoms with Gasteiger partial charge in [0.2, 0.25) is 0 Å². The van der Waals surface area contributed by atoms with Gasteiger partial charge in [-0.05, 0) is 24.3 Å². The van der Waals surface area contributed by atoms with Crippen LogP contribution in [0.2, 0.25) is 0 Å². The van der Waals surface area contributed by atoms with Gasteiger partial charge in [-0.3, -0.25) is 10.1 Å². The van der Waals surface area contributed by atoms with Crippen molar-refractivity contribution in [3.63, 3.8) is 0 Å². The van der Waals surface area contributed by atoms with Crippen molar-refractivity contribution in [3.05, 3.63) is 76.5 Å². The van der Waals surface area contributed by atoms with Crippen molar-refractivity contribution in [1.82, 2.24) is 9.78 Å². The first-order chi connectivity index (χ1) is 10.7. The average Bonchev–Trinajstić information content (AvgIpc) is 3.00. The van der Waals surface area contributed by atoms with Gasteiger partial charge in [-0.15, -0.1) is 0 Å². The summed E-state index contributed by atoms with van der Waals surface area (Å²) in [4.78, 5) is 10.2. The van der Waals surface area contributed by atoms with Gasteiger partial charge in [0.15, 0.2) is 0 Å². The highest BCUT2D eigenvalue weighted by molar-refractivity contribution is 5.64. The van der Waals surface area contributed by atoms with E-state index in [0.717, 1.165) is 5.69 Å². The molecule has 0 fully saturated rings. The molecule has 0 N–H and O–H groups in total. The number of alkyl halides is 1. The van der Waals surface area contributed by atoms with Crippen LogP contribution in [0.15, 0.2) is 60.8 Å². The Morgan fingerprint density at radius 2 is 1.77 bits per heavy atom. The SMILES string of the molecule is O=[N+]([O-])c1ccc(-c2nn(-c3ccccc3)cc2CF)cc1. The van der Waals surface area contributed by atoms with E-state index in [9.17, 15) is 14.5 Å².